The Morgan fingerprint density at radius 1 is 1.35 bits per heavy atom. The zero-order valence-electron chi connectivity index (χ0n) is 16.0. The molecule has 3 rings (SSSR count). The standard InChI is InChI=1S/C18H13N5O6S2/c1-10-3-4-12(23(25)26)8-14(10)15-6-5-13(29-15)7-11(9-19)16(24)20-17-21-18(22-30-17)31(2,27)28/h3-8H,1-2H3,(H,20,21,22,24)/b11-7-. The van der Waals surface area contributed by atoms with E-state index >= 15 is 0 Å². The van der Waals surface area contributed by atoms with Crippen LogP contribution in [0.15, 0.2) is 45.5 Å². The van der Waals surface area contributed by atoms with Crippen molar-refractivity contribution in [1.82, 2.24) is 9.36 Å². The molecule has 158 valence electrons. The minimum Gasteiger partial charge on any atom is -0.457 e. The molecule has 1 N–H and O–H groups in total. The lowest BCUT2D eigenvalue weighted by Gasteiger charge is -2.02. The van der Waals surface area contributed by atoms with Gasteiger partial charge in [-0.15, -0.1) is 0 Å². The molecule has 0 fully saturated rings. The van der Waals surface area contributed by atoms with Gasteiger partial charge < -0.3 is 4.42 Å². The Kier molecular flexibility index (Phi) is 5.95. The largest absolute Gasteiger partial charge is 0.457 e. The van der Waals surface area contributed by atoms with E-state index < -0.39 is 25.8 Å². The number of rotatable bonds is 6. The van der Waals surface area contributed by atoms with Crippen LogP contribution in [-0.2, 0) is 14.6 Å². The van der Waals surface area contributed by atoms with Crippen molar-refractivity contribution in [2.45, 2.75) is 12.1 Å². The van der Waals surface area contributed by atoms with E-state index in [0.29, 0.717) is 22.9 Å². The topological polar surface area (TPSA) is 169 Å². The van der Waals surface area contributed by atoms with Gasteiger partial charge in [0.25, 0.3) is 16.8 Å². The maximum absolute atomic E-state index is 12.3. The van der Waals surface area contributed by atoms with Gasteiger partial charge in [-0.25, -0.2) is 8.42 Å². The van der Waals surface area contributed by atoms with Crippen molar-refractivity contribution in [2.75, 3.05) is 11.6 Å². The van der Waals surface area contributed by atoms with Gasteiger partial charge in [0.05, 0.1) is 4.92 Å². The highest BCUT2D eigenvalue weighted by atomic mass is 32.2. The van der Waals surface area contributed by atoms with Crippen molar-refractivity contribution >= 4 is 44.2 Å². The molecular formula is C18H13N5O6S2. The number of aryl methyl sites for hydroxylation is 1. The number of amides is 1. The van der Waals surface area contributed by atoms with Crippen LogP contribution in [0.1, 0.15) is 11.3 Å². The lowest BCUT2D eigenvalue weighted by atomic mass is 10.1. The van der Waals surface area contributed by atoms with E-state index in [1.54, 1.807) is 25.1 Å². The van der Waals surface area contributed by atoms with Crippen LogP contribution in [0.25, 0.3) is 17.4 Å². The number of carbonyl (C=O) groups excluding carboxylic acids is 1. The summed E-state index contributed by atoms with van der Waals surface area (Å²) in [5.74, 6) is -0.336. The average Bonchev–Trinajstić information content (AvgIpc) is 3.35. The number of nitro benzene ring substituents is 1. The van der Waals surface area contributed by atoms with Gasteiger partial charge in [-0.3, -0.25) is 20.2 Å². The second-order valence-corrected chi connectivity index (χ2v) is 8.90. The number of non-ortho nitro benzene ring substituents is 1. The summed E-state index contributed by atoms with van der Waals surface area (Å²) in [6.07, 6.45) is 2.11. The number of hydrogen-bond donors (Lipinski definition) is 1. The number of benzene rings is 1. The molecule has 0 bridgehead atoms. The van der Waals surface area contributed by atoms with Gasteiger partial charge in [-0.1, -0.05) is 6.07 Å². The van der Waals surface area contributed by atoms with Gasteiger partial charge >= 0.3 is 0 Å². The molecule has 2 aromatic heterocycles. The van der Waals surface area contributed by atoms with Crippen LogP contribution in [0, 0.1) is 28.4 Å². The van der Waals surface area contributed by atoms with Gasteiger partial charge in [-0.05, 0) is 24.6 Å². The fraction of sp³-hybridized carbons (Fsp3) is 0.111. The first kappa shape index (κ1) is 21.8. The van der Waals surface area contributed by atoms with Crippen molar-refractivity contribution in [3.8, 4) is 17.4 Å². The monoisotopic (exact) mass is 459 g/mol. The Bertz CT molecular complexity index is 1360. The summed E-state index contributed by atoms with van der Waals surface area (Å²) in [7, 11) is -3.63. The molecule has 31 heavy (non-hydrogen) atoms. The molecular weight excluding hydrogens is 446 g/mol. The first-order chi connectivity index (χ1) is 14.6. The SMILES string of the molecule is Cc1ccc([N+](=O)[O-])cc1-c1ccc(/C=C(/C#N)C(=O)Nc2nc(S(C)(=O)=O)ns2)o1. The molecule has 0 aliphatic carbocycles. The van der Waals surface area contributed by atoms with Gasteiger partial charge in [0.2, 0.25) is 15.0 Å². The summed E-state index contributed by atoms with van der Waals surface area (Å²) < 4.78 is 32.1. The molecule has 11 nitrogen and oxygen atoms in total. The summed E-state index contributed by atoms with van der Waals surface area (Å²) in [6.45, 7) is 1.76. The molecule has 0 unspecified atom stereocenters. The van der Waals surface area contributed by atoms with Crippen molar-refractivity contribution < 1.29 is 22.6 Å². The zero-order chi connectivity index (χ0) is 22.8. The number of carbonyl (C=O) groups is 1. The molecule has 0 radical (unpaired) electrons. The Hall–Kier alpha value is -3.89. The number of nitrogens with one attached hydrogen (secondary N) is 1. The first-order valence-electron chi connectivity index (χ1n) is 8.40. The molecule has 13 heteroatoms. The van der Waals surface area contributed by atoms with E-state index in [1.807, 2.05) is 0 Å². The third kappa shape index (κ3) is 5.00. The Morgan fingerprint density at radius 2 is 2.10 bits per heavy atom. The van der Waals surface area contributed by atoms with Crippen LogP contribution in [-0.4, -0.2) is 34.9 Å². The van der Waals surface area contributed by atoms with Gasteiger partial charge in [-0.2, -0.15) is 14.6 Å². The maximum atomic E-state index is 12.3. The molecule has 0 saturated heterocycles. The van der Waals surface area contributed by atoms with Gasteiger partial charge in [0.1, 0.15) is 23.2 Å². The maximum Gasteiger partial charge on any atom is 0.270 e. The number of hydrogen-bond acceptors (Lipinski definition) is 10. The van der Waals surface area contributed by atoms with E-state index in [2.05, 4.69) is 14.7 Å². The third-order valence-corrected chi connectivity index (χ3v) is 5.53. The average molecular weight is 459 g/mol. The van der Waals surface area contributed by atoms with E-state index in [9.17, 15) is 28.6 Å². The molecule has 1 amide bonds. The number of nitriles is 1. The minimum atomic E-state index is -3.63. The van der Waals surface area contributed by atoms with Crippen LogP contribution >= 0.6 is 11.5 Å². The Balaban J connectivity index is 1.84. The third-order valence-electron chi connectivity index (χ3n) is 3.94. The van der Waals surface area contributed by atoms with E-state index in [0.717, 1.165) is 11.8 Å². The summed E-state index contributed by atoms with van der Waals surface area (Å²) in [4.78, 5) is 26.5. The number of sulfone groups is 1. The van der Waals surface area contributed by atoms with Crippen LogP contribution in [0.5, 0.6) is 0 Å². The second-order valence-electron chi connectivity index (χ2n) is 6.24. The molecule has 3 aromatic rings. The Morgan fingerprint density at radius 3 is 2.71 bits per heavy atom. The van der Waals surface area contributed by atoms with E-state index in [1.165, 1.54) is 24.3 Å². The molecule has 2 heterocycles. The van der Waals surface area contributed by atoms with Gasteiger partial charge in [0, 0.05) is 41.6 Å². The summed E-state index contributed by atoms with van der Waals surface area (Å²) in [5, 5.41) is 22.1. The summed E-state index contributed by atoms with van der Waals surface area (Å²) >= 11 is 0.658. The molecule has 0 aliphatic heterocycles. The normalized spacial score (nSPS) is 11.7. The smallest absolute Gasteiger partial charge is 0.270 e. The lowest BCUT2D eigenvalue weighted by Crippen LogP contribution is -2.13. The molecule has 0 spiro atoms. The van der Waals surface area contributed by atoms with Gasteiger partial charge in [0.15, 0.2) is 0 Å². The molecule has 0 aliphatic rings. The number of nitrogens with zero attached hydrogens (tertiary/aromatic N) is 4. The minimum absolute atomic E-state index is 0.0843. The van der Waals surface area contributed by atoms with Crippen molar-refractivity contribution in [1.29, 1.82) is 5.26 Å². The van der Waals surface area contributed by atoms with Crippen LogP contribution in [0.4, 0.5) is 10.8 Å². The molecule has 0 saturated carbocycles. The van der Waals surface area contributed by atoms with Crippen LogP contribution in [0.3, 0.4) is 0 Å². The lowest BCUT2D eigenvalue weighted by molar-refractivity contribution is -0.384. The van der Waals surface area contributed by atoms with E-state index in [-0.39, 0.29) is 22.2 Å². The highest BCUT2D eigenvalue weighted by Gasteiger charge is 2.18. The number of aromatic nitrogens is 2. The zero-order valence-corrected chi connectivity index (χ0v) is 17.7. The predicted octanol–water partition coefficient (Wildman–Crippen LogP) is 2.96. The molecule has 1 aromatic carbocycles. The first-order valence-corrected chi connectivity index (χ1v) is 11.1. The fourth-order valence-electron chi connectivity index (χ4n) is 2.43. The number of nitro groups is 1. The van der Waals surface area contributed by atoms with Crippen molar-refractivity contribution in [2.24, 2.45) is 0 Å². The Labute approximate surface area is 179 Å². The summed E-state index contributed by atoms with van der Waals surface area (Å²) in [5.41, 5.74) is 0.815. The predicted molar refractivity (Wildman–Crippen MR) is 111 cm³/mol. The number of anilines is 1. The van der Waals surface area contributed by atoms with E-state index in [4.69, 9.17) is 4.42 Å². The highest BCUT2D eigenvalue weighted by Crippen LogP contribution is 2.30. The van der Waals surface area contributed by atoms with Crippen LogP contribution < -0.4 is 5.32 Å². The number of furan rings is 1. The molecule has 0 atom stereocenters. The fourth-order valence-corrected chi connectivity index (χ4v) is 3.87. The second kappa shape index (κ2) is 8.46. The van der Waals surface area contributed by atoms with Crippen molar-refractivity contribution in [3.63, 3.8) is 0 Å². The van der Waals surface area contributed by atoms with Crippen molar-refractivity contribution in [3.05, 3.63) is 57.3 Å². The highest BCUT2D eigenvalue weighted by molar-refractivity contribution is 7.90. The summed E-state index contributed by atoms with van der Waals surface area (Å²) in [6, 6.07) is 9.14. The quantitative estimate of drug-likeness (QED) is 0.252. The van der Waals surface area contributed by atoms with Crippen LogP contribution in [0.2, 0.25) is 0 Å².